The fourth-order valence-corrected chi connectivity index (χ4v) is 4.91. The Balaban J connectivity index is 2.04. The van der Waals surface area contributed by atoms with Gasteiger partial charge in [-0.25, -0.2) is 0 Å². The first-order valence-corrected chi connectivity index (χ1v) is 10.6. The van der Waals surface area contributed by atoms with E-state index in [0.717, 1.165) is 5.56 Å². The van der Waals surface area contributed by atoms with E-state index in [4.69, 9.17) is 9.47 Å². The Morgan fingerprint density at radius 3 is 2.22 bits per heavy atom. The number of aliphatic hydroxyl groups excluding tert-OH is 1. The maximum atomic E-state index is 13.3. The number of carbonyl (C=O) groups excluding carboxylic acids is 2. The van der Waals surface area contributed by atoms with E-state index >= 15 is 0 Å². The molecular formula is C24H21NO6S. The van der Waals surface area contributed by atoms with Crippen LogP contribution in [0.2, 0.25) is 0 Å². The summed E-state index contributed by atoms with van der Waals surface area (Å²) in [4.78, 5) is 28.4. The number of ether oxygens (including phenoxy) is 2. The van der Waals surface area contributed by atoms with Crippen molar-refractivity contribution in [2.45, 2.75) is 13.0 Å². The maximum Gasteiger partial charge on any atom is 0.300 e. The quantitative estimate of drug-likeness (QED) is 0.339. The van der Waals surface area contributed by atoms with E-state index in [9.17, 15) is 19.8 Å². The molecule has 32 heavy (non-hydrogen) atoms. The van der Waals surface area contributed by atoms with Gasteiger partial charge >= 0.3 is 0 Å². The van der Waals surface area contributed by atoms with Crippen molar-refractivity contribution in [2.24, 2.45) is 0 Å². The first-order chi connectivity index (χ1) is 15.4. The van der Waals surface area contributed by atoms with Gasteiger partial charge in [0.1, 0.15) is 34.6 Å². The van der Waals surface area contributed by atoms with Crippen molar-refractivity contribution < 1.29 is 29.3 Å². The predicted octanol–water partition coefficient (Wildman–Crippen LogP) is 4.41. The number of phenolic OH excluding ortho intramolecular Hbond substituents is 1. The molecule has 7 nitrogen and oxygen atoms in total. The number of carbonyl (C=O) groups is 2. The Morgan fingerprint density at radius 1 is 1.00 bits per heavy atom. The third-order valence-corrected chi connectivity index (χ3v) is 6.47. The minimum Gasteiger partial charge on any atom is -0.506 e. The first-order valence-electron chi connectivity index (χ1n) is 9.75. The van der Waals surface area contributed by atoms with Crippen molar-refractivity contribution in [3.05, 3.63) is 75.5 Å². The predicted molar refractivity (Wildman–Crippen MR) is 121 cm³/mol. The van der Waals surface area contributed by atoms with E-state index in [1.54, 1.807) is 36.4 Å². The van der Waals surface area contributed by atoms with Crippen LogP contribution in [0.5, 0.6) is 17.2 Å². The fourth-order valence-electron chi connectivity index (χ4n) is 3.88. The lowest BCUT2D eigenvalue weighted by Crippen LogP contribution is -2.29. The zero-order chi connectivity index (χ0) is 23.0. The van der Waals surface area contributed by atoms with Crippen molar-refractivity contribution in [1.82, 2.24) is 0 Å². The van der Waals surface area contributed by atoms with Gasteiger partial charge in [0.15, 0.2) is 0 Å². The largest absolute Gasteiger partial charge is 0.506 e. The number of nitrogens with zero attached hydrogens (tertiary/aromatic N) is 1. The second kappa shape index (κ2) is 8.39. The van der Waals surface area contributed by atoms with Crippen LogP contribution in [0.25, 0.3) is 5.76 Å². The molecule has 1 saturated heterocycles. The van der Waals surface area contributed by atoms with Gasteiger partial charge in [-0.1, -0.05) is 18.2 Å². The normalized spacial score (nSPS) is 17.6. The van der Waals surface area contributed by atoms with E-state index in [0.29, 0.717) is 4.88 Å². The highest BCUT2D eigenvalue weighted by molar-refractivity contribution is 7.10. The van der Waals surface area contributed by atoms with Crippen LogP contribution in [0.3, 0.4) is 0 Å². The maximum absolute atomic E-state index is 13.3. The summed E-state index contributed by atoms with van der Waals surface area (Å²) in [5.74, 6) is -1.69. The van der Waals surface area contributed by atoms with Crippen molar-refractivity contribution in [3.63, 3.8) is 0 Å². The number of anilines is 1. The van der Waals surface area contributed by atoms with Crippen LogP contribution in [0.4, 0.5) is 5.69 Å². The highest BCUT2D eigenvalue weighted by atomic mass is 32.1. The van der Waals surface area contributed by atoms with Crippen LogP contribution in [-0.4, -0.2) is 36.1 Å². The summed E-state index contributed by atoms with van der Waals surface area (Å²) in [7, 11) is 2.88. The number of rotatable bonds is 5. The molecule has 8 heteroatoms. The lowest BCUT2D eigenvalue weighted by Gasteiger charge is -2.25. The number of hydrogen-bond donors (Lipinski definition) is 2. The number of para-hydroxylation sites is 2. The summed E-state index contributed by atoms with van der Waals surface area (Å²) in [5.41, 5.74) is 1.09. The highest BCUT2D eigenvalue weighted by Crippen LogP contribution is 2.48. The summed E-state index contributed by atoms with van der Waals surface area (Å²) in [6, 6.07) is 12.2. The van der Waals surface area contributed by atoms with E-state index in [1.165, 1.54) is 36.5 Å². The zero-order valence-electron chi connectivity index (χ0n) is 17.7. The number of hydrogen-bond acceptors (Lipinski definition) is 7. The Bertz CT molecular complexity index is 1220. The van der Waals surface area contributed by atoms with Crippen LogP contribution in [0.1, 0.15) is 22.0 Å². The van der Waals surface area contributed by atoms with E-state index < -0.39 is 23.5 Å². The molecule has 0 aliphatic carbocycles. The number of aromatic hydroxyl groups is 1. The van der Waals surface area contributed by atoms with Gasteiger partial charge in [-0.05, 0) is 48.2 Å². The van der Waals surface area contributed by atoms with Gasteiger partial charge in [0.2, 0.25) is 0 Å². The standard InChI is InChI=1S/C24H21NO6S/c1-13-11-12-32-23(13)20-19(21(27)18-16(30-2)9-6-10-17(18)31-3)22(28)24(29)25(20)14-7-4-5-8-15(14)26/h4-12,20,26-27H,1-3H3/b21-19+. The number of phenols is 1. The average Bonchev–Trinajstić information content (AvgIpc) is 3.33. The van der Waals surface area contributed by atoms with E-state index in [2.05, 4.69) is 0 Å². The monoisotopic (exact) mass is 451 g/mol. The second-order valence-electron chi connectivity index (χ2n) is 7.16. The summed E-state index contributed by atoms with van der Waals surface area (Å²) in [6.07, 6.45) is 0. The van der Waals surface area contributed by atoms with Crippen molar-refractivity contribution in [1.29, 1.82) is 0 Å². The fraction of sp³-hybridized carbons (Fsp3) is 0.167. The van der Waals surface area contributed by atoms with Crippen LogP contribution in [0.15, 0.2) is 59.5 Å². The number of thiophene rings is 1. The highest BCUT2D eigenvalue weighted by Gasteiger charge is 2.49. The van der Waals surface area contributed by atoms with Crippen LogP contribution < -0.4 is 14.4 Å². The zero-order valence-corrected chi connectivity index (χ0v) is 18.5. The van der Waals surface area contributed by atoms with Gasteiger partial charge in [-0.3, -0.25) is 14.5 Å². The summed E-state index contributed by atoms with van der Waals surface area (Å²) in [6.45, 7) is 1.86. The van der Waals surface area contributed by atoms with Crippen LogP contribution >= 0.6 is 11.3 Å². The molecule has 1 atom stereocenters. The smallest absolute Gasteiger partial charge is 0.300 e. The molecule has 1 fully saturated rings. The molecule has 2 heterocycles. The number of amides is 1. The summed E-state index contributed by atoms with van der Waals surface area (Å²) in [5, 5.41) is 23.7. The SMILES string of the molecule is COc1cccc(OC)c1/C(O)=C1\C(=O)C(=O)N(c2ccccc2O)C1c1sccc1C. The first kappa shape index (κ1) is 21.5. The molecular weight excluding hydrogens is 430 g/mol. The van der Waals surface area contributed by atoms with Crippen molar-refractivity contribution >= 4 is 34.5 Å². The van der Waals surface area contributed by atoms with Crippen LogP contribution in [0, 0.1) is 6.92 Å². The molecule has 0 spiro atoms. The number of aliphatic hydroxyl groups is 1. The molecule has 3 aromatic rings. The van der Waals surface area contributed by atoms with Gasteiger partial charge < -0.3 is 19.7 Å². The minimum absolute atomic E-state index is 0.105. The van der Waals surface area contributed by atoms with E-state index in [1.807, 2.05) is 18.4 Å². The lowest BCUT2D eigenvalue weighted by molar-refractivity contribution is -0.132. The lowest BCUT2D eigenvalue weighted by atomic mass is 9.97. The molecule has 0 radical (unpaired) electrons. The Morgan fingerprint density at radius 2 is 1.66 bits per heavy atom. The number of ketones is 1. The van der Waals surface area contributed by atoms with Gasteiger partial charge in [-0.15, -0.1) is 11.3 Å². The molecule has 164 valence electrons. The van der Waals surface area contributed by atoms with Crippen LogP contribution in [-0.2, 0) is 9.59 Å². The number of methoxy groups -OCH3 is 2. The Kier molecular flexibility index (Phi) is 5.63. The van der Waals surface area contributed by atoms with Gasteiger partial charge in [0, 0.05) is 4.88 Å². The molecule has 2 N–H and O–H groups in total. The molecule has 2 aromatic carbocycles. The third-order valence-electron chi connectivity index (χ3n) is 5.40. The second-order valence-corrected chi connectivity index (χ2v) is 8.11. The molecule has 4 rings (SSSR count). The molecule has 0 saturated carbocycles. The Labute approximate surface area is 188 Å². The Hall–Kier alpha value is -3.78. The topological polar surface area (TPSA) is 96.3 Å². The molecule has 1 aliphatic heterocycles. The summed E-state index contributed by atoms with van der Waals surface area (Å²) < 4.78 is 10.8. The molecule has 1 aromatic heterocycles. The van der Waals surface area contributed by atoms with Crippen molar-refractivity contribution in [3.8, 4) is 17.2 Å². The number of Topliss-reactive ketones (excluding diaryl/α,β-unsaturated/α-hetero) is 1. The molecule has 1 aliphatic rings. The third kappa shape index (κ3) is 3.29. The minimum atomic E-state index is -0.932. The summed E-state index contributed by atoms with van der Waals surface area (Å²) >= 11 is 1.36. The molecule has 0 bridgehead atoms. The number of aryl methyl sites for hydroxylation is 1. The van der Waals surface area contributed by atoms with Gasteiger partial charge in [0.05, 0.1) is 25.5 Å². The molecule has 1 unspecified atom stereocenters. The number of benzene rings is 2. The molecule has 1 amide bonds. The van der Waals surface area contributed by atoms with E-state index in [-0.39, 0.29) is 34.1 Å². The van der Waals surface area contributed by atoms with Gasteiger partial charge in [0.25, 0.3) is 11.7 Å². The van der Waals surface area contributed by atoms with Crippen molar-refractivity contribution in [2.75, 3.05) is 19.1 Å². The average molecular weight is 452 g/mol. The van der Waals surface area contributed by atoms with Gasteiger partial charge in [-0.2, -0.15) is 0 Å².